The number of aliphatic hydroxyl groups excluding tert-OH is 1. The van der Waals surface area contributed by atoms with E-state index in [4.69, 9.17) is 0 Å². The molecular formula is C12H13F3O4. The number of ether oxygens (including phenoxy) is 2. The molecule has 0 spiro atoms. The number of esters is 1. The number of alkyl halides is 3. The molecule has 1 unspecified atom stereocenters. The lowest BCUT2D eigenvalue weighted by molar-refractivity contribution is -0.153. The Morgan fingerprint density at radius 2 is 2.05 bits per heavy atom. The van der Waals surface area contributed by atoms with Crippen LogP contribution < -0.4 is 4.74 Å². The van der Waals surface area contributed by atoms with Crippen LogP contribution in [0.15, 0.2) is 18.2 Å². The molecule has 1 rings (SSSR count). The average molecular weight is 278 g/mol. The number of carbonyl (C=O) groups is 1. The maximum absolute atomic E-state index is 12.8. The third kappa shape index (κ3) is 3.37. The van der Waals surface area contributed by atoms with Crippen molar-refractivity contribution in [2.24, 2.45) is 0 Å². The first-order chi connectivity index (χ1) is 8.82. The Morgan fingerprint density at radius 1 is 1.42 bits per heavy atom. The standard InChI is InChI=1S/C12H13F3O4/c1-3-19-11(17)9(16)7-5-4-6-8(10(7)18-2)12(13,14)15/h4-6,9,16H,3H2,1-2H3. The van der Waals surface area contributed by atoms with E-state index in [2.05, 4.69) is 9.47 Å². The summed E-state index contributed by atoms with van der Waals surface area (Å²) in [5, 5.41) is 9.70. The second kappa shape index (κ2) is 5.92. The summed E-state index contributed by atoms with van der Waals surface area (Å²) in [5.41, 5.74) is -1.34. The fourth-order valence-electron chi connectivity index (χ4n) is 1.57. The monoisotopic (exact) mass is 278 g/mol. The first-order valence-electron chi connectivity index (χ1n) is 5.41. The van der Waals surface area contributed by atoms with Crippen LogP contribution in [0.4, 0.5) is 13.2 Å². The van der Waals surface area contributed by atoms with Crippen LogP contribution in [0.25, 0.3) is 0 Å². The van der Waals surface area contributed by atoms with Crippen molar-refractivity contribution in [3.05, 3.63) is 29.3 Å². The first kappa shape index (κ1) is 15.3. The zero-order valence-corrected chi connectivity index (χ0v) is 10.3. The van der Waals surface area contributed by atoms with E-state index in [9.17, 15) is 23.1 Å². The van der Waals surface area contributed by atoms with Crippen molar-refractivity contribution < 1.29 is 32.5 Å². The smallest absolute Gasteiger partial charge is 0.419 e. The minimum absolute atomic E-state index is 0.0111. The molecule has 0 saturated carbocycles. The van der Waals surface area contributed by atoms with Gasteiger partial charge in [-0.15, -0.1) is 0 Å². The zero-order chi connectivity index (χ0) is 14.6. The zero-order valence-electron chi connectivity index (χ0n) is 10.3. The SMILES string of the molecule is CCOC(=O)C(O)c1cccc(C(F)(F)F)c1OC. The van der Waals surface area contributed by atoms with Gasteiger partial charge in [0.1, 0.15) is 5.75 Å². The van der Waals surface area contributed by atoms with Crippen LogP contribution in [0.5, 0.6) is 5.75 Å². The summed E-state index contributed by atoms with van der Waals surface area (Å²) < 4.78 is 47.5. The number of halogens is 3. The molecule has 1 atom stereocenters. The molecule has 0 bridgehead atoms. The maximum atomic E-state index is 12.8. The van der Waals surface area contributed by atoms with Crippen LogP contribution in [-0.4, -0.2) is 24.8 Å². The normalized spacial score (nSPS) is 12.9. The van der Waals surface area contributed by atoms with Gasteiger partial charge in [-0.2, -0.15) is 13.2 Å². The third-order valence-corrected chi connectivity index (χ3v) is 2.36. The van der Waals surface area contributed by atoms with E-state index in [1.807, 2.05) is 0 Å². The number of hydrogen-bond acceptors (Lipinski definition) is 4. The van der Waals surface area contributed by atoms with E-state index >= 15 is 0 Å². The molecule has 0 heterocycles. The van der Waals surface area contributed by atoms with Crippen LogP contribution in [0.1, 0.15) is 24.2 Å². The maximum Gasteiger partial charge on any atom is 0.419 e. The van der Waals surface area contributed by atoms with Gasteiger partial charge in [-0.25, -0.2) is 4.79 Å². The van der Waals surface area contributed by atoms with Crippen molar-refractivity contribution in [3.8, 4) is 5.75 Å². The van der Waals surface area contributed by atoms with Crippen molar-refractivity contribution in [1.82, 2.24) is 0 Å². The Labute approximate surface area is 107 Å². The molecule has 4 nitrogen and oxygen atoms in total. The summed E-state index contributed by atoms with van der Waals surface area (Å²) in [6.07, 6.45) is -6.47. The summed E-state index contributed by atoms with van der Waals surface area (Å²) >= 11 is 0. The fraction of sp³-hybridized carbons (Fsp3) is 0.417. The Kier molecular flexibility index (Phi) is 4.77. The number of methoxy groups -OCH3 is 1. The molecule has 0 aromatic heterocycles. The van der Waals surface area contributed by atoms with Crippen LogP contribution in [-0.2, 0) is 15.7 Å². The summed E-state index contributed by atoms with van der Waals surface area (Å²) in [4.78, 5) is 11.4. The number of rotatable bonds is 4. The van der Waals surface area contributed by atoms with Gasteiger partial charge < -0.3 is 14.6 Å². The second-order valence-corrected chi connectivity index (χ2v) is 3.58. The van der Waals surface area contributed by atoms with Crippen LogP contribution in [0.3, 0.4) is 0 Å². The molecule has 0 aliphatic carbocycles. The van der Waals surface area contributed by atoms with E-state index in [1.165, 1.54) is 13.0 Å². The van der Waals surface area contributed by atoms with E-state index < -0.39 is 29.6 Å². The van der Waals surface area contributed by atoms with Crippen molar-refractivity contribution in [2.45, 2.75) is 19.2 Å². The van der Waals surface area contributed by atoms with Crippen LogP contribution in [0.2, 0.25) is 0 Å². The van der Waals surface area contributed by atoms with Gasteiger partial charge in [0.15, 0.2) is 6.10 Å². The van der Waals surface area contributed by atoms with Crippen LogP contribution >= 0.6 is 0 Å². The van der Waals surface area contributed by atoms with Gasteiger partial charge in [0.25, 0.3) is 0 Å². The second-order valence-electron chi connectivity index (χ2n) is 3.58. The predicted octanol–water partition coefficient (Wildman–Crippen LogP) is 2.31. The topological polar surface area (TPSA) is 55.8 Å². The number of carbonyl (C=O) groups excluding carboxylic acids is 1. The van der Waals surface area contributed by atoms with Crippen molar-refractivity contribution in [3.63, 3.8) is 0 Å². The molecule has 0 amide bonds. The molecule has 7 heteroatoms. The summed E-state index contributed by atoms with van der Waals surface area (Å²) in [7, 11) is 1.03. The molecule has 1 aromatic rings. The molecule has 1 aromatic carbocycles. The quantitative estimate of drug-likeness (QED) is 0.859. The van der Waals surface area contributed by atoms with Crippen LogP contribution in [0, 0.1) is 0 Å². The fourth-order valence-corrected chi connectivity index (χ4v) is 1.57. The molecule has 19 heavy (non-hydrogen) atoms. The van der Waals surface area contributed by atoms with E-state index in [0.29, 0.717) is 0 Å². The van der Waals surface area contributed by atoms with Crippen molar-refractivity contribution in [1.29, 1.82) is 0 Å². The van der Waals surface area contributed by atoms with Gasteiger partial charge in [-0.1, -0.05) is 12.1 Å². The Bertz CT molecular complexity index is 457. The minimum Gasteiger partial charge on any atom is -0.496 e. The highest BCUT2D eigenvalue weighted by molar-refractivity contribution is 5.77. The molecule has 1 N–H and O–H groups in total. The highest BCUT2D eigenvalue weighted by Gasteiger charge is 2.37. The number of para-hydroxylation sites is 1. The van der Waals surface area contributed by atoms with Gasteiger partial charge in [-0.3, -0.25) is 0 Å². The van der Waals surface area contributed by atoms with Gasteiger partial charge in [0, 0.05) is 5.56 Å². The minimum atomic E-state index is -4.64. The number of hydrogen-bond donors (Lipinski definition) is 1. The lowest BCUT2D eigenvalue weighted by Crippen LogP contribution is -2.18. The van der Waals surface area contributed by atoms with Crippen molar-refractivity contribution >= 4 is 5.97 Å². The third-order valence-electron chi connectivity index (χ3n) is 2.36. The molecule has 0 fully saturated rings. The Hall–Kier alpha value is -1.76. The van der Waals surface area contributed by atoms with Gasteiger partial charge in [0.2, 0.25) is 0 Å². The summed E-state index contributed by atoms with van der Waals surface area (Å²) in [6.45, 7) is 1.53. The predicted molar refractivity (Wildman–Crippen MR) is 59.6 cm³/mol. The highest BCUT2D eigenvalue weighted by atomic mass is 19.4. The average Bonchev–Trinajstić information content (AvgIpc) is 2.36. The molecule has 0 radical (unpaired) electrons. The van der Waals surface area contributed by atoms with Crippen molar-refractivity contribution in [2.75, 3.05) is 13.7 Å². The van der Waals surface area contributed by atoms with E-state index in [-0.39, 0.29) is 12.2 Å². The number of aliphatic hydroxyl groups is 1. The first-order valence-corrected chi connectivity index (χ1v) is 5.41. The molecule has 0 aliphatic heterocycles. The Balaban J connectivity index is 3.25. The molecule has 0 saturated heterocycles. The van der Waals surface area contributed by atoms with Gasteiger partial charge in [0.05, 0.1) is 19.3 Å². The molecule has 106 valence electrons. The lowest BCUT2D eigenvalue weighted by Gasteiger charge is -2.18. The van der Waals surface area contributed by atoms with E-state index in [0.717, 1.165) is 19.2 Å². The summed E-state index contributed by atoms with van der Waals surface area (Å²) in [6, 6.07) is 3.07. The van der Waals surface area contributed by atoms with Gasteiger partial charge in [-0.05, 0) is 13.0 Å². The molecule has 0 aliphatic rings. The largest absolute Gasteiger partial charge is 0.496 e. The highest BCUT2D eigenvalue weighted by Crippen LogP contribution is 2.40. The molecular weight excluding hydrogens is 265 g/mol. The van der Waals surface area contributed by atoms with E-state index in [1.54, 1.807) is 0 Å². The van der Waals surface area contributed by atoms with Gasteiger partial charge >= 0.3 is 12.1 Å². The number of benzene rings is 1. The Morgan fingerprint density at radius 3 is 2.53 bits per heavy atom. The lowest BCUT2D eigenvalue weighted by atomic mass is 10.0. The summed E-state index contributed by atoms with van der Waals surface area (Å²) in [5.74, 6) is -1.62.